The Balaban J connectivity index is 1.65. The topological polar surface area (TPSA) is 32.3 Å². The number of rotatable bonds is 5. The zero-order valence-electron chi connectivity index (χ0n) is 14.2. The van der Waals surface area contributed by atoms with Gasteiger partial charge in [0.2, 0.25) is 5.91 Å². The molecular formula is C20H22F2N2O. The highest BCUT2D eigenvalue weighted by molar-refractivity contribution is 5.98. The van der Waals surface area contributed by atoms with Crippen LogP contribution in [-0.2, 0) is 11.2 Å². The van der Waals surface area contributed by atoms with E-state index in [-0.39, 0.29) is 29.6 Å². The molecule has 0 saturated carbocycles. The van der Waals surface area contributed by atoms with Gasteiger partial charge in [-0.25, -0.2) is 8.78 Å². The highest BCUT2D eigenvalue weighted by atomic mass is 19.1. The fraction of sp³-hybridized carbons (Fsp3) is 0.350. The number of piperidine rings is 1. The van der Waals surface area contributed by atoms with E-state index >= 15 is 0 Å². The number of carbonyl (C=O) groups is 1. The number of carbonyl (C=O) groups excluding carboxylic acids is 1. The second-order valence-corrected chi connectivity index (χ2v) is 6.53. The van der Waals surface area contributed by atoms with Crippen LogP contribution >= 0.6 is 0 Å². The first-order chi connectivity index (χ1) is 12.0. The summed E-state index contributed by atoms with van der Waals surface area (Å²) in [5.74, 6) is -0.731. The summed E-state index contributed by atoms with van der Waals surface area (Å²) >= 11 is 0. The Hall–Kier alpha value is -2.27. The van der Waals surface area contributed by atoms with Gasteiger partial charge in [0.1, 0.15) is 11.6 Å². The van der Waals surface area contributed by atoms with Gasteiger partial charge in [0.25, 0.3) is 0 Å². The number of hydrogen-bond donors (Lipinski definition) is 1. The van der Waals surface area contributed by atoms with Crippen molar-refractivity contribution in [3.63, 3.8) is 0 Å². The van der Waals surface area contributed by atoms with E-state index in [1.54, 1.807) is 30.3 Å². The number of anilines is 1. The van der Waals surface area contributed by atoms with Gasteiger partial charge in [0.05, 0.1) is 11.7 Å². The van der Waals surface area contributed by atoms with E-state index in [4.69, 9.17) is 0 Å². The number of nitrogens with zero attached hydrogens (tertiary/aromatic N) is 1. The molecule has 3 nitrogen and oxygen atoms in total. The Morgan fingerprint density at radius 1 is 1.16 bits per heavy atom. The van der Waals surface area contributed by atoms with Gasteiger partial charge in [-0.1, -0.05) is 24.3 Å². The second-order valence-electron chi connectivity index (χ2n) is 6.53. The SMILES string of the molecule is C[C@@H](Cc1ccc(F)cc1)N[C@H]1CCCN(c2ccccc2F)C1=O. The Bertz CT molecular complexity index is 733. The van der Waals surface area contributed by atoms with Crippen LogP contribution in [0.2, 0.25) is 0 Å². The molecule has 0 unspecified atom stereocenters. The zero-order chi connectivity index (χ0) is 17.8. The average Bonchev–Trinajstić information content (AvgIpc) is 2.60. The maximum atomic E-state index is 14.0. The lowest BCUT2D eigenvalue weighted by Gasteiger charge is -2.34. The van der Waals surface area contributed by atoms with E-state index < -0.39 is 0 Å². The molecule has 0 spiro atoms. The molecule has 0 radical (unpaired) electrons. The van der Waals surface area contributed by atoms with Gasteiger partial charge >= 0.3 is 0 Å². The molecule has 5 heteroatoms. The quantitative estimate of drug-likeness (QED) is 0.897. The Labute approximate surface area is 146 Å². The first-order valence-corrected chi connectivity index (χ1v) is 8.61. The molecule has 1 amide bonds. The van der Waals surface area contributed by atoms with Crippen molar-refractivity contribution >= 4 is 11.6 Å². The molecule has 1 saturated heterocycles. The van der Waals surface area contributed by atoms with Gasteiger partial charge < -0.3 is 10.2 Å². The highest BCUT2D eigenvalue weighted by Crippen LogP contribution is 2.24. The first-order valence-electron chi connectivity index (χ1n) is 8.61. The molecule has 0 aliphatic carbocycles. The van der Waals surface area contributed by atoms with Crippen LogP contribution < -0.4 is 10.2 Å². The molecule has 132 valence electrons. The van der Waals surface area contributed by atoms with Gasteiger partial charge in [0.15, 0.2) is 0 Å². The summed E-state index contributed by atoms with van der Waals surface area (Å²) in [6.45, 7) is 2.53. The molecule has 1 aliphatic heterocycles. The standard InChI is InChI=1S/C20H22F2N2O/c1-14(13-15-8-10-16(21)11-9-15)23-18-6-4-12-24(20(18)25)19-7-3-2-5-17(19)22/h2-3,5,7-11,14,18,23H,4,6,12-13H2,1H3/t14-,18-/m0/s1. The molecule has 3 rings (SSSR count). The molecule has 2 atom stereocenters. The summed E-state index contributed by atoms with van der Waals surface area (Å²) in [6, 6.07) is 12.5. The predicted octanol–water partition coefficient (Wildman–Crippen LogP) is 3.68. The monoisotopic (exact) mass is 344 g/mol. The van der Waals surface area contributed by atoms with Gasteiger partial charge in [0, 0.05) is 12.6 Å². The number of hydrogen-bond acceptors (Lipinski definition) is 2. The third-order valence-corrected chi connectivity index (χ3v) is 4.52. The third-order valence-electron chi connectivity index (χ3n) is 4.52. The average molecular weight is 344 g/mol. The van der Waals surface area contributed by atoms with Gasteiger partial charge in [-0.05, 0) is 56.0 Å². The fourth-order valence-electron chi connectivity index (χ4n) is 3.32. The Kier molecular flexibility index (Phi) is 5.43. The largest absolute Gasteiger partial charge is 0.308 e. The number of para-hydroxylation sites is 1. The summed E-state index contributed by atoms with van der Waals surface area (Å²) in [5, 5.41) is 3.34. The molecule has 1 N–H and O–H groups in total. The maximum absolute atomic E-state index is 14.0. The summed E-state index contributed by atoms with van der Waals surface area (Å²) in [5.41, 5.74) is 1.35. The minimum Gasteiger partial charge on any atom is -0.308 e. The summed E-state index contributed by atoms with van der Waals surface area (Å²) in [7, 11) is 0. The fourth-order valence-corrected chi connectivity index (χ4v) is 3.32. The van der Waals surface area contributed by atoms with Crippen molar-refractivity contribution in [3.05, 3.63) is 65.7 Å². The molecule has 2 aromatic rings. The van der Waals surface area contributed by atoms with Crippen molar-refractivity contribution in [1.29, 1.82) is 0 Å². The molecule has 1 aliphatic rings. The Morgan fingerprint density at radius 2 is 1.88 bits per heavy atom. The number of halogens is 2. The van der Waals surface area contributed by atoms with Crippen molar-refractivity contribution in [3.8, 4) is 0 Å². The van der Waals surface area contributed by atoms with Gasteiger partial charge in [-0.15, -0.1) is 0 Å². The number of benzene rings is 2. The van der Waals surface area contributed by atoms with Crippen LogP contribution in [0.3, 0.4) is 0 Å². The maximum Gasteiger partial charge on any atom is 0.244 e. The second kappa shape index (κ2) is 7.74. The van der Waals surface area contributed by atoms with Crippen molar-refractivity contribution in [2.45, 2.75) is 38.3 Å². The van der Waals surface area contributed by atoms with Crippen molar-refractivity contribution in [1.82, 2.24) is 5.32 Å². The van der Waals surface area contributed by atoms with Crippen LogP contribution in [0.4, 0.5) is 14.5 Å². The van der Waals surface area contributed by atoms with Crippen LogP contribution in [-0.4, -0.2) is 24.5 Å². The molecule has 25 heavy (non-hydrogen) atoms. The lowest BCUT2D eigenvalue weighted by Crippen LogP contribution is -2.53. The van der Waals surface area contributed by atoms with Crippen LogP contribution in [0.1, 0.15) is 25.3 Å². The molecule has 0 bridgehead atoms. The Morgan fingerprint density at radius 3 is 2.60 bits per heavy atom. The lowest BCUT2D eigenvalue weighted by atomic mass is 10.0. The van der Waals surface area contributed by atoms with Crippen molar-refractivity contribution in [2.75, 3.05) is 11.4 Å². The summed E-state index contributed by atoms with van der Waals surface area (Å²) in [6.07, 6.45) is 2.25. The van der Waals surface area contributed by atoms with Crippen molar-refractivity contribution in [2.24, 2.45) is 0 Å². The number of amides is 1. The van der Waals surface area contributed by atoms with Crippen LogP contribution in [0.25, 0.3) is 0 Å². The normalized spacial score (nSPS) is 19.1. The van der Waals surface area contributed by atoms with Crippen LogP contribution in [0, 0.1) is 11.6 Å². The lowest BCUT2D eigenvalue weighted by molar-refractivity contribution is -0.122. The van der Waals surface area contributed by atoms with Gasteiger partial charge in [-0.3, -0.25) is 4.79 Å². The van der Waals surface area contributed by atoms with E-state index in [1.807, 2.05) is 6.92 Å². The zero-order valence-corrected chi connectivity index (χ0v) is 14.2. The van der Waals surface area contributed by atoms with E-state index in [1.165, 1.54) is 23.1 Å². The summed E-state index contributed by atoms with van der Waals surface area (Å²) < 4.78 is 27.0. The molecule has 1 fully saturated rings. The smallest absolute Gasteiger partial charge is 0.244 e. The van der Waals surface area contributed by atoms with E-state index in [0.717, 1.165) is 18.4 Å². The predicted molar refractivity (Wildman–Crippen MR) is 94.5 cm³/mol. The molecule has 0 aromatic heterocycles. The van der Waals surface area contributed by atoms with Crippen molar-refractivity contribution < 1.29 is 13.6 Å². The molecule has 2 aromatic carbocycles. The van der Waals surface area contributed by atoms with E-state index in [9.17, 15) is 13.6 Å². The van der Waals surface area contributed by atoms with E-state index in [2.05, 4.69) is 5.32 Å². The minimum atomic E-state index is -0.379. The van der Waals surface area contributed by atoms with E-state index in [0.29, 0.717) is 18.7 Å². The van der Waals surface area contributed by atoms with Gasteiger partial charge in [-0.2, -0.15) is 0 Å². The third kappa shape index (κ3) is 4.23. The number of nitrogens with one attached hydrogen (secondary N) is 1. The molecule has 1 heterocycles. The summed E-state index contributed by atoms with van der Waals surface area (Å²) in [4.78, 5) is 14.3. The first kappa shape index (κ1) is 17.5. The highest BCUT2D eigenvalue weighted by Gasteiger charge is 2.31. The molecular weight excluding hydrogens is 322 g/mol. The minimum absolute atomic E-state index is 0.0555. The van der Waals surface area contributed by atoms with Crippen LogP contribution in [0.15, 0.2) is 48.5 Å². The van der Waals surface area contributed by atoms with Crippen LogP contribution in [0.5, 0.6) is 0 Å².